The van der Waals surface area contributed by atoms with Crippen LogP contribution in [-0.2, 0) is 36.7 Å². The zero-order valence-electron chi connectivity index (χ0n) is 24.8. The Balaban J connectivity index is 1.61. The lowest BCUT2D eigenvalue weighted by molar-refractivity contribution is -0.156. The summed E-state index contributed by atoms with van der Waals surface area (Å²) in [5, 5.41) is 0. The van der Waals surface area contributed by atoms with Crippen molar-refractivity contribution in [1.82, 2.24) is 0 Å². The van der Waals surface area contributed by atoms with E-state index in [0.717, 1.165) is 23.3 Å². The van der Waals surface area contributed by atoms with Crippen LogP contribution in [0.4, 0.5) is 0 Å². The van der Waals surface area contributed by atoms with E-state index >= 15 is 0 Å². The van der Waals surface area contributed by atoms with Gasteiger partial charge in [0.15, 0.2) is 12.6 Å². The smallest absolute Gasteiger partial charge is 0.342 e. The van der Waals surface area contributed by atoms with E-state index in [1.165, 1.54) is 7.11 Å². The molecule has 0 aromatic heterocycles. The van der Waals surface area contributed by atoms with Crippen molar-refractivity contribution in [3.8, 4) is 17.2 Å². The average Bonchev–Trinajstić information content (AvgIpc) is 3.26. The van der Waals surface area contributed by atoms with Gasteiger partial charge in [-0.15, -0.1) is 0 Å². The first-order valence-electron chi connectivity index (χ1n) is 14.0. The number of esters is 1. The summed E-state index contributed by atoms with van der Waals surface area (Å²) in [6.07, 6.45) is 5.20. The van der Waals surface area contributed by atoms with Crippen molar-refractivity contribution in [1.29, 1.82) is 0 Å². The molecule has 0 bridgehead atoms. The fraction of sp³-hybridized carbons (Fsp3) is 0.531. The van der Waals surface area contributed by atoms with Crippen LogP contribution >= 0.6 is 0 Å². The maximum absolute atomic E-state index is 13.4. The van der Waals surface area contributed by atoms with E-state index in [1.54, 1.807) is 20.3 Å². The van der Waals surface area contributed by atoms with E-state index in [1.807, 2.05) is 63.3 Å². The molecule has 1 fully saturated rings. The molecule has 2 heterocycles. The van der Waals surface area contributed by atoms with Gasteiger partial charge in [0.1, 0.15) is 41.1 Å². The summed E-state index contributed by atoms with van der Waals surface area (Å²) in [7, 11) is 4.76. The fourth-order valence-electron chi connectivity index (χ4n) is 5.15. The molecule has 2 aromatic carbocycles. The minimum atomic E-state index is -0.756. The van der Waals surface area contributed by atoms with E-state index in [0.29, 0.717) is 42.9 Å². The highest BCUT2D eigenvalue weighted by Gasteiger charge is 2.44. The van der Waals surface area contributed by atoms with Crippen molar-refractivity contribution in [2.45, 2.75) is 83.3 Å². The second kappa shape index (κ2) is 14.2. The Morgan fingerprint density at radius 3 is 2.46 bits per heavy atom. The SMILES string of the molecule is COCOc1cc(OC)cc2c1C(=O)O[C@@H](C)C/C=C\C(OCc1ccc(OC)cc1)[C@H]1OC(C)(C)O[C@H]1CCC2. The second-order valence-corrected chi connectivity index (χ2v) is 10.7. The minimum absolute atomic E-state index is 0.00684. The lowest BCUT2D eigenvalue weighted by Gasteiger charge is -2.25. The summed E-state index contributed by atoms with van der Waals surface area (Å²) >= 11 is 0. The predicted octanol–water partition coefficient (Wildman–Crippen LogP) is 5.62. The molecule has 0 aliphatic carbocycles. The van der Waals surface area contributed by atoms with Crippen LogP contribution in [-0.4, -0.2) is 64.3 Å². The maximum Gasteiger partial charge on any atom is 0.342 e. The number of carbonyl (C=O) groups excluding carboxylic acids is 1. The highest BCUT2D eigenvalue weighted by Crippen LogP contribution is 2.36. The molecule has 9 nitrogen and oxygen atoms in total. The summed E-state index contributed by atoms with van der Waals surface area (Å²) in [6.45, 7) is 6.10. The van der Waals surface area contributed by atoms with Gasteiger partial charge in [-0.1, -0.05) is 24.3 Å². The molecule has 0 spiro atoms. The van der Waals surface area contributed by atoms with Gasteiger partial charge >= 0.3 is 5.97 Å². The normalized spacial score (nSPS) is 25.3. The van der Waals surface area contributed by atoms with Gasteiger partial charge in [-0.2, -0.15) is 0 Å². The number of fused-ring (bicyclic) bond motifs is 2. The zero-order chi connectivity index (χ0) is 29.4. The van der Waals surface area contributed by atoms with Crippen LogP contribution in [0.1, 0.15) is 61.5 Å². The number of aryl methyl sites for hydroxylation is 1. The van der Waals surface area contributed by atoms with Crippen LogP contribution in [0.2, 0.25) is 0 Å². The van der Waals surface area contributed by atoms with Crippen molar-refractivity contribution in [3.63, 3.8) is 0 Å². The van der Waals surface area contributed by atoms with Gasteiger partial charge in [-0.05, 0) is 69.4 Å². The topological polar surface area (TPSA) is 90.9 Å². The Labute approximate surface area is 242 Å². The molecular weight excluding hydrogens is 528 g/mol. The summed E-state index contributed by atoms with van der Waals surface area (Å²) in [5.41, 5.74) is 2.19. The molecule has 4 atom stereocenters. The fourth-order valence-corrected chi connectivity index (χ4v) is 5.15. The highest BCUT2D eigenvalue weighted by molar-refractivity contribution is 5.94. The molecule has 0 saturated carbocycles. The van der Waals surface area contributed by atoms with Gasteiger partial charge < -0.3 is 37.9 Å². The molecule has 0 radical (unpaired) electrons. The number of methoxy groups -OCH3 is 3. The number of cyclic esters (lactones) is 1. The van der Waals surface area contributed by atoms with Gasteiger partial charge in [0.2, 0.25) is 0 Å². The molecule has 2 aliphatic rings. The summed E-state index contributed by atoms with van der Waals surface area (Å²) in [5.74, 6) is 0.548. The zero-order valence-corrected chi connectivity index (χ0v) is 24.8. The van der Waals surface area contributed by atoms with E-state index in [-0.39, 0.29) is 31.2 Å². The molecule has 1 unspecified atom stereocenters. The van der Waals surface area contributed by atoms with Crippen LogP contribution in [0.3, 0.4) is 0 Å². The maximum atomic E-state index is 13.4. The number of carbonyl (C=O) groups is 1. The lowest BCUT2D eigenvalue weighted by atomic mass is 9.96. The molecule has 224 valence electrons. The first-order valence-corrected chi connectivity index (χ1v) is 14.0. The molecular formula is C32H42O9. The average molecular weight is 571 g/mol. The Bertz CT molecular complexity index is 1170. The Hall–Kier alpha value is -3.11. The largest absolute Gasteiger partial charge is 0.497 e. The highest BCUT2D eigenvalue weighted by atomic mass is 16.8. The summed E-state index contributed by atoms with van der Waals surface area (Å²) < 4.78 is 46.7. The standard InChI is InChI=1S/C32H42O9/c1-21-9-7-11-26(37-19-22-13-15-24(35-5)16-14-22)30-27(40-32(2,3)41-30)12-8-10-23-17-25(36-6)18-28(38-20-34-4)29(23)31(33)39-21/h7,11,13-18,21,26-27,30H,8-10,12,19-20H2,1-6H3/b11-7-/t21-,26?,27-,30+/m0/s1. The molecule has 0 N–H and O–H groups in total. The van der Waals surface area contributed by atoms with E-state index in [4.69, 9.17) is 37.9 Å². The number of hydrogen-bond acceptors (Lipinski definition) is 9. The molecule has 2 aromatic rings. The quantitative estimate of drug-likeness (QED) is 0.228. The van der Waals surface area contributed by atoms with E-state index in [9.17, 15) is 4.79 Å². The third-order valence-electron chi connectivity index (χ3n) is 7.11. The van der Waals surface area contributed by atoms with Gasteiger partial charge in [-0.25, -0.2) is 4.79 Å². The number of benzene rings is 2. The molecule has 2 aliphatic heterocycles. The second-order valence-electron chi connectivity index (χ2n) is 10.7. The van der Waals surface area contributed by atoms with Gasteiger partial charge in [0.05, 0.1) is 26.9 Å². The molecule has 9 heteroatoms. The molecule has 1 saturated heterocycles. The monoisotopic (exact) mass is 570 g/mol. The summed E-state index contributed by atoms with van der Waals surface area (Å²) in [6, 6.07) is 11.3. The Morgan fingerprint density at radius 1 is 1.00 bits per heavy atom. The van der Waals surface area contributed by atoms with Crippen molar-refractivity contribution in [2.24, 2.45) is 0 Å². The lowest BCUT2D eigenvalue weighted by Crippen LogP contribution is -2.36. The van der Waals surface area contributed by atoms with Crippen LogP contribution in [0.25, 0.3) is 0 Å². The predicted molar refractivity (Wildman–Crippen MR) is 152 cm³/mol. The van der Waals surface area contributed by atoms with Crippen LogP contribution in [0.15, 0.2) is 48.6 Å². The first-order chi connectivity index (χ1) is 19.7. The van der Waals surface area contributed by atoms with Crippen LogP contribution in [0.5, 0.6) is 17.2 Å². The summed E-state index contributed by atoms with van der Waals surface area (Å²) in [4.78, 5) is 13.4. The van der Waals surface area contributed by atoms with Gasteiger partial charge in [0.25, 0.3) is 0 Å². The first kappa shape index (κ1) is 30.8. The number of ether oxygens (including phenoxy) is 8. The van der Waals surface area contributed by atoms with Crippen molar-refractivity contribution < 1.29 is 42.7 Å². The number of rotatable bonds is 8. The Morgan fingerprint density at radius 2 is 1.76 bits per heavy atom. The Kier molecular flexibility index (Phi) is 10.7. The molecule has 4 rings (SSSR count). The third kappa shape index (κ3) is 8.23. The molecule has 0 amide bonds. The van der Waals surface area contributed by atoms with Crippen molar-refractivity contribution in [2.75, 3.05) is 28.1 Å². The third-order valence-corrected chi connectivity index (χ3v) is 7.11. The van der Waals surface area contributed by atoms with Gasteiger partial charge in [0, 0.05) is 19.6 Å². The van der Waals surface area contributed by atoms with Crippen molar-refractivity contribution in [3.05, 3.63) is 65.2 Å². The molecule has 41 heavy (non-hydrogen) atoms. The van der Waals surface area contributed by atoms with Crippen LogP contribution in [0, 0.1) is 0 Å². The van der Waals surface area contributed by atoms with Gasteiger partial charge in [-0.3, -0.25) is 0 Å². The van der Waals surface area contributed by atoms with Crippen LogP contribution < -0.4 is 14.2 Å². The minimum Gasteiger partial charge on any atom is -0.497 e. The van der Waals surface area contributed by atoms with E-state index < -0.39 is 11.8 Å². The number of hydrogen-bond donors (Lipinski definition) is 0. The van der Waals surface area contributed by atoms with Crippen molar-refractivity contribution >= 4 is 5.97 Å². The van der Waals surface area contributed by atoms with E-state index in [2.05, 4.69) is 0 Å².